The zero-order valence-electron chi connectivity index (χ0n) is 12.7. The number of hydrogen-bond donors (Lipinski definition) is 1. The largest absolute Gasteiger partial charge is 0.492 e. The van der Waals surface area contributed by atoms with Gasteiger partial charge in [0.05, 0.1) is 5.92 Å². The third-order valence-electron chi connectivity index (χ3n) is 4.00. The van der Waals surface area contributed by atoms with Crippen LogP contribution in [0.15, 0.2) is 28.8 Å². The van der Waals surface area contributed by atoms with Gasteiger partial charge in [0.1, 0.15) is 12.4 Å². The quantitative estimate of drug-likeness (QED) is 0.939. The number of benzene rings is 1. The van der Waals surface area contributed by atoms with Crippen molar-refractivity contribution in [2.75, 3.05) is 6.61 Å². The van der Waals surface area contributed by atoms with E-state index in [-0.39, 0.29) is 17.4 Å². The Morgan fingerprint density at radius 1 is 1.33 bits per heavy atom. The third kappa shape index (κ3) is 2.78. The van der Waals surface area contributed by atoms with E-state index in [1.807, 2.05) is 24.3 Å². The van der Waals surface area contributed by atoms with Crippen LogP contribution in [0.5, 0.6) is 5.75 Å². The fourth-order valence-corrected chi connectivity index (χ4v) is 2.36. The average Bonchev–Trinajstić information content (AvgIpc) is 3.03. The van der Waals surface area contributed by atoms with E-state index in [2.05, 4.69) is 30.9 Å². The molecule has 2 heterocycles. The SMILES string of the molecule is CC(C)(C)C(N)Cc1nc(C2COc3ccccc32)no1. The van der Waals surface area contributed by atoms with Crippen molar-refractivity contribution in [1.29, 1.82) is 0 Å². The summed E-state index contributed by atoms with van der Waals surface area (Å²) in [5.41, 5.74) is 7.30. The van der Waals surface area contributed by atoms with E-state index in [0.717, 1.165) is 11.3 Å². The molecule has 0 radical (unpaired) electrons. The number of aromatic nitrogens is 2. The van der Waals surface area contributed by atoms with Crippen molar-refractivity contribution in [2.45, 2.75) is 39.2 Å². The number of para-hydroxylation sites is 1. The van der Waals surface area contributed by atoms with E-state index in [1.54, 1.807) is 0 Å². The van der Waals surface area contributed by atoms with Gasteiger partial charge in [-0.1, -0.05) is 44.1 Å². The van der Waals surface area contributed by atoms with Crippen molar-refractivity contribution in [3.05, 3.63) is 41.5 Å². The molecule has 21 heavy (non-hydrogen) atoms. The van der Waals surface area contributed by atoms with Crippen LogP contribution in [0, 0.1) is 5.41 Å². The van der Waals surface area contributed by atoms with Gasteiger partial charge in [0.15, 0.2) is 5.82 Å². The Labute approximate surface area is 124 Å². The molecule has 2 N–H and O–H groups in total. The highest BCUT2D eigenvalue weighted by atomic mass is 16.5. The lowest BCUT2D eigenvalue weighted by Crippen LogP contribution is -2.37. The molecule has 0 spiro atoms. The second kappa shape index (κ2) is 5.15. The zero-order chi connectivity index (χ0) is 15.0. The zero-order valence-corrected chi connectivity index (χ0v) is 12.7. The van der Waals surface area contributed by atoms with Crippen LogP contribution < -0.4 is 10.5 Å². The van der Waals surface area contributed by atoms with Crippen molar-refractivity contribution >= 4 is 0 Å². The summed E-state index contributed by atoms with van der Waals surface area (Å²) in [7, 11) is 0. The lowest BCUT2D eigenvalue weighted by atomic mass is 9.85. The molecule has 1 aromatic heterocycles. The molecule has 1 aliphatic heterocycles. The van der Waals surface area contributed by atoms with Gasteiger partial charge in [0, 0.05) is 18.0 Å². The molecule has 2 aromatic rings. The first-order chi connectivity index (χ1) is 9.95. The van der Waals surface area contributed by atoms with Crippen molar-refractivity contribution in [2.24, 2.45) is 11.1 Å². The van der Waals surface area contributed by atoms with Gasteiger partial charge in [-0.3, -0.25) is 0 Å². The molecule has 0 saturated carbocycles. The van der Waals surface area contributed by atoms with Crippen LogP contribution in [0.25, 0.3) is 0 Å². The van der Waals surface area contributed by atoms with Gasteiger partial charge in [-0.05, 0) is 11.5 Å². The maximum absolute atomic E-state index is 6.17. The predicted molar refractivity (Wildman–Crippen MR) is 79.2 cm³/mol. The minimum Gasteiger partial charge on any atom is -0.492 e. The Kier molecular flexibility index (Phi) is 3.45. The van der Waals surface area contributed by atoms with Crippen LogP contribution in [-0.2, 0) is 6.42 Å². The Bertz CT molecular complexity index is 630. The van der Waals surface area contributed by atoms with E-state index in [9.17, 15) is 0 Å². The fraction of sp³-hybridized carbons (Fsp3) is 0.500. The highest BCUT2D eigenvalue weighted by Crippen LogP contribution is 2.36. The van der Waals surface area contributed by atoms with Crippen LogP contribution in [-0.4, -0.2) is 22.8 Å². The second-order valence-electron chi connectivity index (χ2n) is 6.62. The van der Waals surface area contributed by atoms with E-state index in [1.165, 1.54) is 0 Å². The maximum Gasteiger partial charge on any atom is 0.228 e. The van der Waals surface area contributed by atoms with E-state index < -0.39 is 0 Å². The molecule has 0 amide bonds. The van der Waals surface area contributed by atoms with Crippen molar-refractivity contribution in [3.8, 4) is 5.75 Å². The summed E-state index contributed by atoms with van der Waals surface area (Å²) in [6, 6.07) is 7.95. The van der Waals surface area contributed by atoms with E-state index in [0.29, 0.717) is 24.7 Å². The number of hydrogen-bond acceptors (Lipinski definition) is 5. The molecule has 0 fully saturated rings. The van der Waals surface area contributed by atoms with Gasteiger partial charge >= 0.3 is 0 Å². The van der Waals surface area contributed by atoms with E-state index in [4.69, 9.17) is 15.0 Å². The Morgan fingerprint density at radius 3 is 2.86 bits per heavy atom. The van der Waals surface area contributed by atoms with Gasteiger partial charge < -0.3 is 15.0 Å². The summed E-state index contributed by atoms with van der Waals surface area (Å²) in [5.74, 6) is 2.22. The maximum atomic E-state index is 6.17. The molecule has 0 bridgehead atoms. The fourth-order valence-electron chi connectivity index (χ4n) is 2.36. The van der Waals surface area contributed by atoms with Crippen molar-refractivity contribution in [3.63, 3.8) is 0 Å². The Hall–Kier alpha value is -1.88. The molecule has 112 valence electrons. The summed E-state index contributed by atoms with van der Waals surface area (Å²) >= 11 is 0. The van der Waals surface area contributed by atoms with Gasteiger partial charge in [-0.2, -0.15) is 4.98 Å². The number of rotatable bonds is 3. The standard InChI is InChI=1S/C16H21N3O2/c1-16(2,3)13(17)8-14-18-15(19-21-14)11-9-20-12-7-5-4-6-10(11)12/h4-7,11,13H,8-9,17H2,1-3H3. The smallest absolute Gasteiger partial charge is 0.228 e. The first-order valence-corrected chi connectivity index (χ1v) is 7.25. The van der Waals surface area contributed by atoms with Crippen LogP contribution >= 0.6 is 0 Å². The summed E-state index contributed by atoms with van der Waals surface area (Å²) in [5, 5.41) is 4.11. The Morgan fingerprint density at radius 2 is 2.10 bits per heavy atom. The van der Waals surface area contributed by atoms with Gasteiger partial charge in [0.2, 0.25) is 5.89 Å². The molecule has 0 aliphatic carbocycles. The predicted octanol–water partition coefficient (Wildman–Crippen LogP) is 2.51. The average molecular weight is 287 g/mol. The lowest BCUT2D eigenvalue weighted by molar-refractivity contribution is 0.284. The van der Waals surface area contributed by atoms with Crippen molar-refractivity contribution in [1.82, 2.24) is 10.1 Å². The Balaban J connectivity index is 1.78. The summed E-state index contributed by atoms with van der Waals surface area (Å²) in [6.45, 7) is 6.88. The lowest BCUT2D eigenvalue weighted by Gasteiger charge is -2.25. The van der Waals surface area contributed by atoms with Crippen LogP contribution in [0.4, 0.5) is 0 Å². The first kappa shape index (κ1) is 14.1. The van der Waals surface area contributed by atoms with Crippen LogP contribution in [0.2, 0.25) is 0 Å². The number of fused-ring (bicyclic) bond motifs is 1. The van der Waals surface area contributed by atoms with E-state index >= 15 is 0 Å². The highest BCUT2D eigenvalue weighted by Gasteiger charge is 2.30. The van der Waals surface area contributed by atoms with Crippen molar-refractivity contribution < 1.29 is 9.26 Å². The summed E-state index contributed by atoms with van der Waals surface area (Å²) in [4.78, 5) is 4.51. The second-order valence-corrected chi connectivity index (χ2v) is 6.62. The molecule has 2 unspecified atom stereocenters. The molecule has 5 heteroatoms. The molecular formula is C16H21N3O2. The normalized spacial score (nSPS) is 19.1. The first-order valence-electron chi connectivity index (χ1n) is 7.25. The number of nitrogens with two attached hydrogens (primary N) is 1. The number of ether oxygens (including phenoxy) is 1. The van der Waals surface area contributed by atoms with Gasteiger partial charge in [-0.15, -0.1) is 0 Å². The molecule has 1 aliphatic rings. The minimum absolute atomic E-state index is 0.0116. The van der Waals surface area contributed by atoms with Gasteiger partial charge in [-0.25, -0.2) is 0 Å². The number of nitrogens with zero attached hydrogens (tertiary/aromatic N) is 2. The summed E-state index contributed by atoms with van der Waals surface area (Å²) in [6.07, 6.45) is 0.589. The van der Waals surface area contributed by atoms with Gasteiger partial charge in [0.25, 0.3) is 0 Å². The summed E-state index contributed by atoms with van der Waals surface area (Å²) < 4.78 is 11.0. The molecule has 5 nitrogen and oxygen atoms in total. The monoisotopic (exact) mass is 287 g/mol. The third-order valence-corrected chi connectivity index (χ3v) is 4.00. The highest BCUT2D eigenvalue weighted by molar-refractivity contribution is 5.42. The molecule has 1 aromatic carbocycles. The van der Waals surface area contributed by atoms with Crippen LogP contribution in [0.1, 0.15) is 44.0 Å². The molecular weight excluding hydrogens is 266 g/mol. The molecule has 0 saturated heterocycles. The molecule has 3 rings (SSSR count). The molecule has 2 atom stereocenters. The minimum atomic E-state index is -0.0158. The topological polar surface area (TPSA) is 74.2 Å². The van der Waals surface area contributed by atoms with Crippen LogP contribution in [0.3, 0.4) is 0 Å².